The molecule has 0 bridgehead atoms. The summed E-state index contributed by atoms with van der Waals surface area (Å²) in [6.07, 6.45) is 1.43. The fourth-order valence-corrected chi connectivity index (χ4v) is 1.92. The molecule has 0 aliphatic heterocycles. The average Bonchev–Trinajstić information content (AvgIpc) is 2.45. The lowest BCUT2D eigenvalue weighted by Gasteiger charge is -2.10. The number of halogens is 1. The van der Waals surface area contributed by atoms with Crippen LogP contribution in [0.15, 0.2) is 22.2 Å². The van der Waals surface area contributed by atoms with E-state index >= 15 is 0 Å². The Morgan fingerprint density at radius 3 is 2.45 bits per heavy atom. The Hall–Kier alpha value is -2.00. The summed E-state index contributed by atoms with van der Waals surface area (Å²) in [5.74, 6) is 0.394. The molecule has 0 fully saturated rings. The van der Waals surface area contributed by atoms with Crippen molar-refractivity contribution in [2.75, 3.05) is 20.8 Å². The van der Waals surface area contributed by atoms with Gasteiger partial charge in [-0.1, -0.05) is 15.9 Å². The van der Waals surface area contributed by atoms with Crippen molar-refractivity contribution in [2.24, 2.45) is 0 Å². The van der Waals surface area contributed by atoms with Crippen LogP contribution >= 0.6 is 15.9 Å². The van der Waals surface area contributed by atoms with E-state index in [1.165, 1.54) is 20.3 Å². The maximum absolute atomic E-state index is 11.6. The van der Waals surface area contributed by atoms with Crippen LogP contribution < -0.4 is 9.47 Å². The molecule has 0 N–H and O–H groups in total. The van der Waals surface area contributed by atoms with Gasteiger partial charge in [-0.15, -0.1) is 0 Å². The van der Waals surface area contributed by atoms with Crippen molar-refractivity contribution in [1.29, 1.82) is 5.26 Å². The highest BCUT2D eigenvalue weighted by atomic mass is 79.9. The number of nitriles is 1. The molecule has 0 unspecified atom stereocenters. The first-order valence-electron chi connectivity index (χ1n) is 5.77. The summed E-state index contributed by atoms with van der Waals surface area (Å²) >= 11 is 3.36. The Kier molecular flexibility index (Phi) is 6.07. The quantitative estimate of drug-likeness (QED) is 0.468. The van der Waals surface area contributed by atoms with Gasteiger partial charge in [0.05, 0.1) is 20.8 Å². The zero-order valence-corrected chi connectivity index (χ0v) is 13.0. The number of carbonyl (C=O) groups is 1. The fraction of sp³-hybridized carbons (Fsp3) is 0.286. The van der Waals surface area contributed by atoms with Crippen LogP contribution in [-0.4, -0.2) is 26.8 Å². The first kappa shape index (κ1) is 16.1. The topological polar surface area (TPSA) is 68.6 Å². The lowest BCUT2D eigenvalue weighted by Crippen LogP contribution is -2.06. The highest BCUT2D eigenvalue weighted by Crippen LogP contribution is 2.34. The van der Waals surface area contributed by atoms with Gasteiger partial charge in [0.25, 0.3) is 0 Å². The summed E-state index contributed by atoms with van der Waals surface area (Å²) in [6.45, 7) is 1.89. The molecular formula is C14H14BrNO4. The van der Waals surface area contributed by atoms with Gasteiger partial charge in [-0.2, -0.15) is 5.26 Å². The van der Waals surface area contributed by atoms with Crippen LogP contribution in [0.4, 0.5) is 0 Å². The number of benzene rings is 1. The number of ether oxygens (including phenoxy) is 3. The second-order valence-electron chi connectivity index (χ2n) is 3.62. The largest absolute Gasteiger partial charge is 0.493 e. The maximum Gasteiger partial charge on any atom is 0.348 e. The lowest BCUT2D eigenvalue weighted by molar-refractivity contribution is -0.137. The molecule has 1 aromatic carbocycles. The number of carbonyl (C=O) groups excluding carboxylic acids is 1. The fourth-order valence-electron chi connectivity index (χ4n) is 1.48. The van der Waals surface area contributed by atoms with E-state index in [0.717, 1.165) is 0 Å². The van der Waals surface area contributed by atoms with Crippen molar-refractivity contribution in [3.63, 3.8) is 0 Å². The van der Waals surface area contributed by atoms with Gasteiger partial charge in [-0.3, -0.25) is 0 Å². The number of methoxy groups -OCH3 is 2. The SMILES string of the molecule is CCOC(=O)/C(C#N)=C/c1cc(OC)c(OC)cc1Br. The molecule has 106 valence electrons. The molecule has 0 spiro atoms. The van der Waals surface area contributed by atoms with E-state index in [4.69, 9.17) is 19.5 Å². The van der Waals surface area contributed by atoms with Crippen molar-refractivity contribution in [3.8, 4) is 17.6 Å². The predicted molar refractivity (Wildman–Crippen MR) is 77.5 cm³/mol. The Bertz CT molecular complexity index is 575. The van der Waals surface area contributed by atoms with Crippen molar-refractivity contribution in [3.05, 3.63) is 27.7 Å². The molecule has 6 heteroatoms. The van der Waals surface area contributed by atoms with Crippen LogP contribution in [0.5, 0.6) is 11.5 Å². The van der Waals surface area contributed by atoms with Gasteiger partial charge in [0.2, 0.25) is 0 Å². The minimum atomic E-state index is -0.656. The third-order valence-corrected chi connectivity index (χ3v) is 3.11. The van der Waals surface area contributed by atoms with Gasteiger partial charge < -0.3 is 14.2 Å². The van der Waals surface area contributed by atoms with Crippen molar-refractivity contribution >= 4 is 28.0 Å². The van der Waals surface area contributed by atoms with E-state index in [2.05, 4.69) is 15.9 Å². The van der Waals surface area contributed by atoms with Gasteiger partial charge in [-0.25, -0.2) is 4.79 Å². The smallest absolute Gasteiger partial charge is 0.348 e. The molecule has 0 saturated heterocycles. The Morgan fingerprint density at radius 2 is 1.95 bits per heavy atom. The Morgan fingerprint density at radius 1 is 1.35 bits per heavy atom. The summed E-state index contributed by atoms with van der Waals surface area (Å²) in [5, 5.41) is 9.01. The van der Waals surface area contributed by atoms with E-state index in [1.54, 1.807) is 19.1 Å². The third kappa shape index (κ3) is 3.75. The molecule has 0 radical (unpaired) electrons. The Labute approximate surface area is 125 Å². The number of rotatable bonds is 5. The second-order valence-corrected chi connectivity index (χ2v) is 4.47. The van der Waals surface area contributed by atoms with Crippen LogP contribution in [0.1, 0.15) is 12.5 Å². The van der Waals surface area contributed by atoms with Crippen LogP contribution in [0.25, 0.3) is 6.08 Å². The summed E-state index contributed by atoms with van der Waals surface area (Å²) in [4.78, 5) is 11.6. The highest BCUT2D eigenvalue weighted by Gasteiger charge is 2.13. The number of nitrogens with zero attached hydrogens (tertiary/aromatic N) is 1. The first-order valence-corrected chi connectivity index (χ1v) is 6.57. The number of hydrogen-bond donors (Lipinski definition) is 0. The standard InChI is InChI=1S/C14H14BrNO4/c1-4-20-14(17)10(8-16)5-9-6-12(18-2)13(19-3)7-11(9)15/h5-7H,4H2,1-3H3/b10-5+. The molecule has 0 aliphatic carbocycles. The van der Waals surface area contributed by atoms with Crippen molar-refractivity contribution < 1.29 is 19.0 Å². The van der Waals surface area contributed by atoms with Gasteiger partial charge in [0.15, 0.2) is 11.5 Å². The van der Waals surface area contributed by atoms with Gasteiger partial charge in [0.1, 0.15) is 11.6 Å². The summed E-state index contributed by atoms with van der Waals surface area (Å²) in [5.41, 5.74) is 0.534. The predicted octanol–water partition coefficient (Wildman–Crippen LogP) is 2.94. The number of hydrogen-bond acceptors (Lipinski definition) is 5. The lowest BCUT2D eigenvalue weighted by atomic mass is 10.1. The minimum Gasteiger partial charge on any atom is -0.493 e. The van der Waals surface area contributed by atoms with E-state index in [1.807, 2.05) is 6.07 Å². The molecule has 0 aromatic heterocycles. The molecule has 0 aliphatic rings. The molecular weight excluding hydrogens is 326 g/mol. The van der Waals surface area contributed by atoms with E-state index in [9.17, 15) is 4.79 Å². The van der Waals surface area contributed by atoms with E-state index in [0.29, 0.717) is 21.5 Å². The maximum atomic E-state index is 11.6. The first-order chi connectivity index (χ1) is 9.57. The zero-order valence-electron chi connectivity index (χ0n) is 11.4. The van der Waals surface area contributed by atoms with Crippen LogP contribution in [-0.2, 0) is 9.53 Å². The molecule has 20 heavy (non-hydrogen) atoms. The van der Waals surface area contributed by atoms with Gasteiger partial charge in [-0.05, 0) is 30.7 Å². The number of esters is 1. The monoisotopic (exact) mass is 339 g/mol. The van der Waals surface area contributed by atoms with E-state index < -0.39 is 5.97 Å². The van der Waals surface area contributed by atoms with Crippen molar-refractivity contribution in [1.82, 2.24) is 0 Å². The molecule has 5 nitrogen and oxygen atoms in total. The molecule has 1 rings (SSSR count). The van der Waals surface area contributed by atoms with Gasteiger partial charge >= 0.3 is 5.97 Å². The third-order valence-electron chi connectivity index (χ3n) is 2.42. The molecule has 0 amide bonds. The molecule has 0 saturated carbocycles. The summed E-state index contributed by atoms with van der Waals surface area (Å²) in [7, 11) is 3.04. The minimum absolute atomic E-state index is 0.0835. The zero-order chi connectivity index (χ0) is 15.1. The Balaban J connectivity index is 3.25. The molecule has 0 heterocycles. The van der Waals surface area contributed by atoms with Crippen LogP contribution in [0, 0.1) is 11.3 Å². The second kappa shape index (κ2) is 7.56. The summed E-state index contributed by atoms with van der Waals surface area (Å²) in [6, 6.07) is 5.19. The molecule has 0 atom stereocenters. The average molecular weight is 340 g/mol. The van der Waals surface area contributed by atoms with Crippen molar-refractivity contribution in [2.45, 2.75) is 6.92 Å². The van der Waals surface area contributed by atoms with Crippen LogP contribution in [0.2, 0.25) is 0 Å². The van der Waals surface area contributed by atoms with Gasteiger partial charge in [0, 0.05) is 4.47 Å². The van der Waals surface area contributed by atoms with E-state index in [-0.39, 0.29) is 12.2 Å². The normalized spacial score (nSPS) is 10.7. The van der Waals surface area contributed by atoms with Crippen LogP contribution in [0.3, 0.4) is 0 Å². The highest BCUT2D eigenvalue weighted by molar-refractivity contribution is 9.10. The summed E-state index contributed by atoms with van der Waals surface area (Å²) < 4.78 is 15.8. The molecule has 1 aromatic rings.